The largest absolute Gasteiger partial charge is 0.438 e. The molecule has 0 saturated carbocycles. The molecule has 0 aromatic carbocycles. The molecule has 18 heavy (non-hydrogen) atoms. The van der Waals surface area contributed by atoms with Crippen molar-refractivity contribution in [3.8, 4) is 0 Å². The Kier molecular flexibility index (Phi) is 2.91. The fourth-order valence-electron chi connectivity index (χ4n) is 2.54. The summed E-state index contributed by atoms with van der Waals surface area (Å²) in [5.41, 5.74) is 1.29. The van der Waals surface area contributed by atoms with Crippen LogP contribution in [0.25, 0.3) is 0 Å². The SMILES string of the molecule is CC[C@H]1c2ccsc2CCN1C(=O)c1cnco1. The number of thiophene rings is 1. The first kappa shape index (κ1) is 11.5. The van der Waals surface area contributed by atoms with E-state index in [1.54, 1.807) is 11.3 Å². The maximum atomic E-state index is 12.4. The number of amides is 1. The van der Waals surface area contributed by atoms with Crippen molar-refractivity contribution in [1.29, 1.82) is 0 Å². The zero-order valence-electron chi connectivity index (χ0n) is 10.1. The lowest BCUT2D eigenvalue weighted by Gasteiger charge is -2.34. The summed E-state index contributed by atoms with van der Waals surface area (Å²) < 4.78 is 5.11. The summed E-state index contributed by atoms with van der Waals surface area (Å²) in [6, 6.07) is 2.30. The molecule has 1 aliphatic heterocycles. The first-order valence-electron chi connectivity index (χ1n) is 6.07. The molecular weight excluding hydrogens is 248 g/mol. The third-order valence-electron chi connectivity index (χ3n) is 3.39. The Morgan fingerprint density at radius 2 is 2.56 bits per heavy atom. The molecule has 0 aliphatic carbocycles. The zero-order chi connectivity index (χ0) is 12.5. The minimum absolute atomic E-state index is 0.0591. The van der Waals surface area contributed by atoms with Gasteiger partial charge in [-0.2, -0.15) is 0 Å². The van der Waals surface area contributed by atoms with E-state index in [0.29, 0.717) is 5.76 Å². The van der Waals surface area contributed by atoms with Crippen LogP contribution in [-0.2, 0) is 6.42 Å². The summed E-state index contributed by atoms with van der Waals surface area (Å²) in [6.45, 7) is 2.86. The summed E-state index contributed by atoms with van der Waals surface area (Å²) in [4.78, 5) is 19.5. The Morgan fingerprint density at radius 3 is 3.28 bits per heavy atom. The van der Waals surface area contributed by atoms with Gasteiger partial charge in [0, 0.05) is 11.4 Å². The highest BCUT2D eigenvalue weighted by Gasteiger charge is 2.31. The van der Waals surface area contributed by atoms with Crippen molar-refractivity contribution in [3.63, 3.8) is 0 Å². The first-order valence-corrected chi connectivity index (χ1v) is 6.95. The number of hydrogen-bond acceptors (Lipinski definition) is 4. The van der Waals surface area contributed by atoms with Gasteiger partial charge in [-0.3, -0.25) is 4.79 Å². The molecule has 0 spiro atoms. The molecular formula is C13H14N2O2S. The van der Waals surface area contributed by atoms with Gasteiger partial charge in [0.05, 0.1) is 12.2 Å². The van der Waals surface area contributed by atoms with Crippen LogP contribution in [0.4, 0.5) is 0 Å². The Hall–Kier alpha value is -1.62. The van der Waals surface area contributed by atoms with E-state index in [2.05, 4.69) is 23.4 Å². The van der Waals surface area contributed by atoms with Gasteiger partial charge in [-0.1, -0.05) is 6.92 Å². The molecule has 0 saturated heterocycles. The number of rotatable bonds is 2. The molecule has 0 unspecified atom stereocenters. The first-order chi connectivity index (χ1) is 8.81. The van der Waals surface area contributed by atoms with E-state index in [-0.39, 0.29) is 11.9 Å². The molecule has 2 aromatic heterocycles. The van der Waals surface area contributed by atoms with Crippen molar-refractivity contribution in [3.05, 3.63) is 40.2 Å². The van der Waals surface area contributed by atoms with Gasteiger partial charge in [0.1, 0.15) is 0 Å². The molecule has 4 nitrogen and oxygen atoms in total. The zero-order valence-corrected chi connectivity index (χ0v) is 10.9. The van der Waals surface area contributed by atoms with E-state index < -0.39 is 0 Å². The Morgan fingerprint density at radius 1 is 1.67 bits per heavy atom. The third kappa shape index (κ3) is 1.75. The smallest absolute Gasteiger partial charge is 0.291 e. The fourth-order valence-corrected chi connectivity index (χ4v) is 3.47. The molecule has 0 N–H and O–H groups in total. The molecule has 0 radical (unpaired) electrons. The molecule has 1 amide bonds. The Labute approximate surface area is 109 Å². The van der Waals surface area contributed by atoms with E-state index in [9.17, 15) is 4.79 Å². The number of nitrogens with zero attached hydrogens (tertiary/aromatic N) is 2. The van der Waals surface area contributed by atoms with Crippen LogP contribution in [0.3, 0.4) is 0 Å². The topological polar surface area (TPSA) is 46.3 Å². The number of carbonyl (C=O) groups is 1. The van der Waals surface area contributed by atoms with Gasteiger partial charge in [0.2, 0.25) is 5.76 Å². The van der Waals surface area contributed by atoms with Crippen LogP contribution in [0.2, 0.25) is 0 Å². The molecule has 5 heteroatoms. The van der Waals surface area contributed by atoms with Gasteiger partial charge in [0.25, 0.3) is 5.91 Å². The van der Waals surface area contributed by atoms with Crippen LogP contribution in [0.15, 0.2) is 28.5 Å². The molecule has 1 aliphatic rings. The maximum absolute atomic E-state index is 12.4. The van der Waals surface area contributed by atoms with Crippen molar-refractivity contribution >= 4 is 17.2 Å². The van der Waals surface area contributed by atoms with Crippen molar-refractivity contribution in [2.24, 2.45) is 0 Å². The highest BCUT2D eigenvalue weighted by Crippen LogP contribution is 2.35. The van der Waals surface area contributed by atoms with E-state index in [1.165, 1.54) is 23.0 Å². The molecule has 94 valence electrons. The number of hydrogen-bond donors (Lipinski definition) is 0. The summed E-state index contributed by atoms with van der Waals surface area (Å²) in [5, 5.41) is 2.11. The predicted octanol–water partition coefficient (Wildman–Crippen LogP) is 2.89. The average Bonchev–Trinajstić information content (AvgIpc) is 3.06. The minimum Gasteiger partial charge on any atom is -0.438 e. The summed E-state index contributed by atoms with van der Waals surface area (Å²) in [7, 11) is 0. The van der Waals surface area contributed by atoms with E-state index >= 15 is 0 Å². The number of aromatic nitrogens is 1. The lowest BCUT2D eigenvalue weighted by Crippen LogP contribution is -2.39. The van der Waals surface area contributed by atoms with Gasteiger partial charge < -0.3 is 9.32 Å². The van der Waals surface area contributed by atoms with E-state index in [1.807, 2.05) is 4.90 Å². The number of oxazole rings is 1. The van der Waals surface area contributed by atoms with Crippen molar-refractivity contribution in [1.82, 2.24) is 9.88 Å². The normalized spacial score (nSPS) is 18.7. The molecule has 0 bridgehead atoms. The molecule has 1 atom stereocenters. The van der Waals surface area contributed by atoms with Crippen LogP contribution in [0, 0.1) is 0 Å². The van der Waals surface area contributed by atoms with Gasteiger partial charge in [0.15, 0.2) is 6.39 Å². The summed E-state index contributed by atoms with van der Waals surface area (Å²) in [5.74, 6) is 0.267. The van der Waals surface area contributed by atoms with Crippen LogP contribution in [0.5, 0.6) is 0 Å². The third-order valence-corrected chi connectivity index (χ3v) is 4.38. The van der Waals surface area contributed by atoms with E-state index in [4.69, 9.17) is 4.42 Å². The van der Waals surface area contributed by atoms with Crippen molar-refractivity contribution < 1.29 is 9.21 Å². The quantitative estimate of drug-likeness (QED) is 0.836. The van der Waals surface area contributed by atoms with Crippen LogP contribution >= 0.6 is 11.3 Å². The lowest BCUT2D eigenvalue weighted by molar-refractivity contribution is 0.0624. The number of fused-ring (bicyclic) bond motifs is 1. The summed E-state index contributed by atoms with van der Waals surface area (Å²) >= 11 is 1.78. The van der Waals surface area contributed by atoms with Crippen molar-refractivity contribution in [2.45, 2.75) is 25.8 Å². The highest BCUT2D eigenvalue weighted by atomic mass is 32.1. The second kappa shape index (κ2) is 4.57. The van der Waals surface area contributed by atoms with Crippen LogP contribution in [-0.4, -0.2) is 22.3 Å². The molecule has 0 fully saturated rings. The standard InChI is InChI=1S/C13H14N2O2S/c1-2-10-9-4-6-18-12(9)3-5-15(10)13(16)11-7-14-8-17-11/h4,6-8,10H,2-3,5H2,1H3/t10-/m0/s1. The van der Waals surface area contributed by atoms with Gasteiger partial charge in [-0.25, -0.2) is 4.98 Å². The summed E-state index contributed by atoms with van der Waals surface area (Å²) in [6.07, 6.45) is 4.64. The molecule has 2 aromatic rings. The Bertz CT molecular complexity index is 547. The van der Waals surface area contributed by atoms with Gasteiger partial charge >= 0.3 is 0 Å². The van der Waals surface area contributed by atoms with Crippen LogP contribution < -0.4 is 0 Å². The van der Waals surface area contributed by atoms with E-state index in [0.717, 1.165) is 19.4 Å². The Balaban J connectivity index is 1.92. The number of carbonyl (C=O) groups excluding carboxylic acids is 1. The minimum atomic E-state index is -0.0591. The predicted molar refractivity (Wildman–Crippen MR) is 68.6 cm³/mol. The van der Waals surface area contributed by atoms with Gasteiger partial charge in [-0.05, 0) is 29.9 Å². The average molecular weight is 262 g/mol. The monoisotopic (exact) mass is 262 g/mol. The lowest BCUT2D eigenvalue weighted by atomic mass is 9.97. The maximum Gasteiger partial charge on any atom is 0.291 e. The van der Waals surface area contributed by atoms with Crippen LogP contribution in [0.1, 0.15) is 40.4 Å². The molecule has 3 heterocycles. The van der Waals surface area contributed by atoms with Crippen molar-refractivity contribution in [2.75, 3.05) is 6.54 Å². The highest BCUT2D eigenvalue weighted by molar-refractivity contribution is 7.10. The second-order valence-electron chi connectivity index (χ2n) is 4.34. The molecule has 3 rings (SSSR count). The van der Waals surface area contributed by atoms with Gasteiger partial charge in [-0.15, -0.1) is 11.3 Å². The second-order valence-corrected chi connectivity index (χ2v) is 5.34. The fraction of sp³-hybridized carbons (Fsp3) is 0.385.